The van der Waals surface area contributed by atoms with Crippen molar-refractivity contribution in [2.24, 2.45) is 11.8 Å². The monoisotopic (exact) mass is 213 g/mol. The zero-order valence-corrected chi connectivity index (χ0v) is 9.90. The molecule has 0 fully saturated rings. The standard InChI is InChI=1S/C10H19N3S/c1-4-7(2)9(13-11)5-10-12-8(3)6-14-10/h6-7,9,13H,4-5,11H2,1-3H3. The number of thiazole rings is 1. The molecular formula is C10H19N3S. The number of hydrogen-bond donors (Lipinski definition) is 2. The van der Waals surface area contributed by atoms with Crippen LogP contribution in [0.5, 0.6) is 0 Å². The lowest BCUT2D eigenvalue weighted by molar-refractivity contribution is 0.369. The van der Waals surface area contributed by atoms with Crippen LogP contribution in [0.4, 0.5) is 0 Å². The van der Waals surface area contributed by atoms with Crippen molar-refractivity contribution in [3.63, 3.8) is 0 Å². The Morgan fingerprint density at radius 2 is 2.36 bits per heavy atom. The van der Waals surface area contributed by atoms with Gasteiger partial charge in [0.2, 0.25) is 0 Å². The lowest BCUT2D eigenvalue weighted by atomic mass is 9.97. The van der Waals surface area contributed by atoms with E-state index < -0.39 is 0 Å². The molecule has 3 nitrogen and oxygen atoms in total. The van der Waals surface area contributed by atoms with Crippen LogP contribution in [0, 0.1) is 12.8 Å². The Labute approximate surface area is 89.7 Å². The maximum atomic E-state index is 5.53. The number of aryl methyl sites for hydroxylation is 1. The van der Waals surface area contributed by atoms with Gasteiger partial charge in [-0.2, -0.15) is 0 Å². The number of rotatable bonds is 5. The fourth-order valence-corrected chi connectivity index (χ4v) is 2.23. The number of hydrogen-bond acceptors (Lipinski definition) is 4. The van der Waals surface area contributed by atoms with Crippen molar-refractivity contribution >= 4 is 11.3 Å². The molecule has 0 amide bonds. The quantitative estimate of drug-likeness (QED) is 0.580. The van der Waals surface area contributed by atoms with Crippen molar-refractivity contribution in [2.75, 3.05) is 0 Å². The lowest BCUT2D eigenvalue weighted by Gasteiger charge is -2.20. The molecule has 3 N–H and O–H groups in total. The number of nitrogens with two attached hydrogens (primary N) is 1. The lowest BCUT2D eigenvalue weighted by Crippen LogP contribution is -2.41. The van der Waals surface area contributed by atoms with Gasteiger partial charge in [-0.1, -0.05) is 20.3 Å². The molecule has 0 radical (unpaired) electrons. The molecule has 0 spiro atoms. The highest BCUT2D eigenvalue weighted by atomic mass is 32.1. The van der Waals surface area contributed by atoms with Gasteiger partial charge >= 0.3 is 0 Å². The molecule has 2 unspecified atom stereocenters. The van der Waals surface area contributed by atoms with Crippen molar-refractivity contribution in [2.45, 2.75) is 39.7 Å². The van der Waals surface area contributed by atoms with Crippen molar-refractivity contribution in [3.05, 3.63) is 16.1 Å². The van der Waals surface area contributed by atoms with Gasteiger partial charge in [-0.05, 0) is 12.8 Å². The Bertz CT molecular complexity index is 272. The third kappa shape index (κ3) is 3.04. The van der Waals surface area contributed by atoms with Gasteiger partial charge in [0.25, 0.3) is 0 Å². The Balaban J connectivity index is 2.56. The van der Waals surface area contributed by atoms with Gasteiger partial charge in [-0.25, -0.2) is 4.98 Å². The van der Waals surface area contributed by atoms with Crippen LogP contribution in [0.15, 0.2) is 5.38 Å². The van der Waals surface area contributed by atoms with Crippen LogP contribution in [0.2, 0.25) is 0 Å². The Hall–Kier alpha value is -0.450. The van der Waals surface area contributed by atoms with Crippen molar-refractivity contribution in [1.82, 2.24) is 10.4 Å². The molecule has 0 saturated carbocycles. The SMILES string of the molecule is CCC(C)C(Cc1nc(C)cs1)NN. The molecule has 0 saturated heterocycles. The number of nitrogens with zero attached hydrogens (tertiary/aromatic N) is 1. The third-order valence-corrected chi connectivity index (χ3v) is 3.60. The summed E-state index contributed by atoms with van der Waals surface area (Å²) >= 11 is 1.71. The van der Waals surface area contributed by atoms with E-state index in [1.165, 1.54) is 5.01 Å². The second kappa shape index (κ2) is 5.44. The second-order valence-corrected chi connectivity index (χ2v) is 4.69. The summed E-state index contributed by atoms with van der Waals surface area (Å²) < 4.78 is 0. The summed E-state index contributed by atoms with van der Waals surface area (Å²) in [5.74, 6) is 6.12. The van der Waals surface area contributed by atoms with E-state index in [0.29, 0.717) is 12.0 Å². The summed E-state index contributed by atoms with van der Waals surface area (Å²) in [6.45, 7) is 6.42. The molecule has 4 heteroatoms. The van der Waals surface area contributed by atoms with Gasteiger partial charge in [0.05, 0.1) is 5.01 Å². The minimum absolute atomic E-state index is 0.338. The molecule has 1 aromatic rings. The Morgan fingerprint density at radius 1 is 1.64 bits per heavy atom. The van der Waals surface area contributed by atoms with E-state index in [9.17, 15) is 0 Å². The Morgan fingerprint density at radius 3 is 2.79 bits per heavy atom. The molecule has 1 rings (SSSR count). The first-order valence-electron chi connectivity index (χ1n) is 5.04. The van der Waals surface area contributed by atoms with Crippen LogP contribution in [0.1, 0.15) is 31.0 Å². The summed E-state index contributed by atoms with van der Waals surface area (Å²) in [4.78, 5) is 4.44. The molecule has 2 atom stereocenters. The second-order valence-electron chi connectivity index (χ2n) is 3.75. The minimum atomic E-state index is 0.338. The van der Waals surface area contributed by atoms with E-state index in [1.807, 2.05) is 6.92 Å². The van der Waals surface area contributed by atoms with Crippen LogP contribution in [-0.4, -0.2) is 11.0 Å². The molecular weight excluding hydrogens is 194 g/mol. The van der Waals surface area contributed by atoms with Crippen LogP contribution >= 0.6 is 11.3 Å². The first kappa shape index (κ1) is 11.6. The topological polar surface area (TPSA) is 50.9 Å². The van der Waals surface area contributed by atoms with Crippen LogP contribution in [0.3, 0.4) is 0 Å². The average Bonchev–Trinajstić information content (AvgIpc) is 2.59. The first-order valence-corrected chi connectivity index (χ1v) is 5.92. The van der Waals surface area contributed by atoms with E-state index in [1.54, 1.807) is 11.3 Å². The molecule has 0 aliphatic carbocycles. The van der Waals surface area contributed by atoms with Crippen molar-refractivity contribution < 1.29 is 0 Å². The fraction of sp³-hybridized carbons (Fsp3) is 0.700. The summed E-state index contributed by atoms with van der Waals surface area (Å²) in [5, 5.41) is 3.25. The molecule has 0 aromatic carbocycles. The number of hydrazine groups is 1. The number of aromatic nitrogens is 1. The maximum absolute atomic E-state index is 5.53. The fourth-order valence-electron chi connectivity index (χ4n) is 1.39. The molecule has 0 bridgehead atoms. The maximum Gasteiger partial charge on any atom is 0.0944 e. The average molecular weight is 213 g/mol. The molecule has 80 valence electrons. The zero-order valence-electron chi connectivity index (χ0n) is 9.08. The van der Waals surface area contributed by atoms with E-state index >= 15 is 0 Å². The first-order chi connectivity index (χ1) is 6.67. The molecule has 0 aliphatic rings. The summed E-state index contributed by atoms with van der Waals surface area (Å²) in [6.07, 6.45) is 2.07. The Kier molecular flexibility index (Phi) is 4.51. The summed E-state index contributed by atoms with van der Waals surface area (Å²) in [7, 11) is 0. The predicted octanol–water partition coefficient (Wildman–Crippen LogP) is 1.87. The van der Waals surface area contributed by atoms with Gasteiger partial charge in [0.15, 0.2) is 0 Å². The van der Waals surface area contributed by atoms with Crippen LogP contribution in [0.25, 0.3) is 0 Å². The van der Waals surface area contributed by atoms with Crippen LogP contribution in [-0.2, 0) is 6.42 Å². The number of nitrogens with one attached hydrogen (secondary N) is 1. The summed E-state index contributed by atoms with van der Waals surface area (Å²) in [6, 6.07) is 0.338. The summed E-state index contributed by atoms with van der Waals surface area (Å²) in [5.41, 5.74) is 3.98. The van der Waals surface area contributed by atoms with Gasteiger partial charge in [0, 0.05) is 23.5 Å². The van der Waals surface area contributed by atoms with Crippen LogP contribution < -0.4 is 11.3 Å². The predicted molar refractivity (Wildman–Crippen MR) is 61.1 cm³/mol. The van der Waals surface area contributed by atoms with E-state index in [0.717, 1.165) is 18.5 Å². The molecule has 14 heavy (non-hydrogen) atoms. The van der Waals surface area contributed by atoms with E-state index in [2.05, 4.69) is 29.6 Å². The van der Waals surface area contributed by atoms with E-state index in [4.69, 9.17) is 5.84 Å². The molecule has 1 aromatic heterocycles. The third-order valence-electron chi connectivity index (χ3n) is 2.61. The van der Waals surface area contributed by atoms with Gasteiger partial charge in [-0.15, -0.1) is 11.3 Å². The zero-order chi connectivity index (χ0) is 10.6. The van der Waals surface area contributed by atoms with Gasteiger partial charge in [0.1, 0.15) is 0 Å². The smallest absolute Gasteiger partial charge is 0.0944 e. The highest BCUT2D eigenvalue weighted by Gasteiger charge is 2.15. The highest BCUT2D eigenvalue weighted by molar-refractivity contribution is 7.09. The minimum Gasteiger partial charge on any atom is -0.271 e. The van der Waals surface area contributed by atoms with Gasteiger partial charge in [-0.3, -0.25) is 11.3 Å². The largest absolute Gasteiger partial charge is 0.271 e. The van der Waals surface area contributed by atoms with Gasteiger partial charge < -0.3 is 0 Å². The van der Waals surface area contributed by atoms with Crippen molar-refractivity contribution in [1.29, 1.82) is 0 Å². The molecule has 1 heterocycles. The van der Waals surface area contributed by atoms with E-state index in [-0.39, 0.29) is 0 Å². The normalized spacial score (nSPS) is 15.4. The van der Waals surface area contributed by atoms with Crippen molar-refractivity contribution in [3.8, 4) is 0 Å². The highest BCUT2D eigenvalue weighted by Crippen LogP contribution is 2.16. The molecule has 0 aliphatic heterocycles.